The number of quaternary nitrogens is 1. The molecule has 1 atom stereocenters. The van der Waals surface area contributed by atoms with Crippen molar-refractivity contribution in [2.45, 2.75) is 6.04 Å². The Morgan fingerprint density at radius 3 is 2.30 bits per heavy atom. The van der Waals surface area contributed by atoms with Crippen molar-refractivity contribution >= 4 is 34.8 Å². The molecule has 0 saturated carbocycles. The maximum absolute atomic E-state index is 12.2. The molecule has 0 fully saturated rings. The van der Waals surface area contributed by atoms with Gasteiger partial charge in [0.25, 0.3) is 0 Å². The van der Waals surface area contributed by atoms with Crippen LogP contribution in [0.15, 0.2) is 48.5 Å². The highest BCUT2D eigenvalue weighted by Crippen LogP contribution is 2.16. The second-order valence-corrected chi connectivity index (χ2v) is 7.23. The van der Waals surface area contributed by atoms with E-state index in [-0.39, 0.29) is 6.04 Å². The molecule has 0 radical (unpaired) electrons. The number of nitrogens with zero attached hydrogens (tertiary/aromatic N) is 1. The zero-order valence-electron chi connectivity index (χ0n) is 16.0. The van der Waals surface area contributed by atoms with E-state index in [0.717, 1.165) is 16.2 Å². The number of hydrogen-bond acceptors (Lipinski definition) is 3. The molecule has 0 aromatic heterocycles. The van der Waals surface area contributed by atoms with Gasteiger partial charge in [0, 0.05) is 36.1 Å². The Morgan fingerprint density at radius 1 is 1.07 bits per heavy atom. The first kappa shape index (κ1) is 20.7. The molecule has 0 spiro atoms. The molecule has 2 aromatic carbocycles. The summed E-state index contributed by atoms with van der Waals surface area (Å²) in [6, 6.07) is 14.9. The van der Waals surface area contributed by atoms with Gasteiger partial charge in [0.05, 0.1) is 20.6 Å². The molecule has 144 valence electrons. The van der Waals surface area contributed by atoms with Crippen molar-refractivity contribution in [3.05, 3.63) is 59.1 Å². The summed E-state index contributed by atoms with van der Waals surface area (Å²) in [5.74, 6) is -1.39. The highest BCUT2D eigenvalue weighted by molar-refractivity contribution is 6.39. The van der Waals surface area contributed by atoms with Crippen LogP contribution in [0.25, 0.3) is 0 Å². The third-order valence-corrected chi connectivity index (χ3v) is 4.50. The summed E-state index contributed by atoms with van der Waals surface area (Å²) in [5.41, 5.74) is 2.68. The van der Waals surface area contributed by atoms with Gasteiger partial charge in [0.2, 0.25) is 0 Å². The Labute approximate surface area is 165 Å². The normalized spacial score (nSPS) is 11.8. The van der Waals surface area contributed by atoms with Gasteiger partial charge in [0.15, 0.2) is 0 Å². The Balaban J connectivity index is 1.98. The second kappa shape index (κ2) is 9.39. The molecule has 0 aliphatic heterocycles. The van der Waals surface area contributed by atoms with Gasteiger partial charge < -0.3 is 20.4 Å². The van der Waals surface area contributed by atoms with Crippen LogP contribution in [0.5, 0.6) is 0 Å². The highest BCUT2D eigenvalue weighted by Gasteiger charge is 2.21. The zero-order chi connectivity index (χ0) is 20.0. The van der Waals surface area contributed by atoms with Crippen LogP contribution in [0.2, 0.25) is 5.02 Å². The first-order valence-corrected chi connectivity index (χ1v) is 9.08. The lowest BCUT2D eigenvalue weighted by Crippen LogP contribution is -3.07. The van der Waals surface area contributed by atoms with Crippen LogP contribution in [0, 0.1) is 0 Å². The van der Waals surface area contributed by atoms with E-state index in [4.69, 9.17) is 11.6 Å². The quantitative estimate of drug-likeness (QED) is 0.653. The van der Waals surface area contributed by atoms with Crippen molar-refractivity contribution in [2.24, 2.45) is 0 Å². The van der Waals surface area contributed by atoms with E-state index in [1.165, 1.54) is 0 Å². The summed E-state index contributed by atoms with van der Waals surface area (Å²) in [6.07, 6.45) is 0. The molecule has 7 heteroatoms. The van der Waals surface area contributed by atoms with Gasteiger partial charge >= 0.3 is 11.8 Å². The minimum Gasteiger partial charge on any atom is -0.378 e. The van der Waals surface area contributed by atoms with Crippen LogP contribution in [0.3, 0.4) is 0 Å². The molecule has 2 rings (SSSR count). The monoisotopic (exact) mass is 389 g/mol. The van der Waals surface area contributed by atoms with E-state index in [1.54, 1.807) is 24.3 Å². The molecule has 2 aromatic rings. The number of carbonyl (C=O) groups excluding carboxylic acids is 2. The number of rotatable bonds is 6. The molecule has 3 N–H and O–H groups in total. The Kier molecular flexibility index (Phi) is 7.21. The Hall–Kier alpha value is -2.57. The summed E-state index contributed by atoms with van der Waals surface area (Å²) < 4.78 is 0. The van der Waals surface area contributed by atoms with Crippen LogP contribution in [0.1, 0.15) is 11.6 Å². The van der Waals surface area contributed by atoms with Crippen LogP contribution in [0.4, 0.5) is 11.4 Å². The number of benzene rings is 2. The maximum Gasteiger partial charge on any atom is 0.313 e. The third kappa shape index (κ3) is 5.98. The van der Waals surface area contributed by atoms with E-state index in [1.807, 2.05) is 57.4 Å². The average Bonchev–Trinajstić information content (AvgIpc) is 2.61. The number of carbonyl (C=O) groups is 2. The first-order valence-electron chi connectivity index (χ1n) is 8.70. The van der Waals surface area contributed by atoms with Gasteiger partial charge in [-0.3, -0.25) is 9.59 Å². The van der Waals surface area contributed by atoms with Crippen molar-refractivity contribution < 1.29 is 14.5 Å². The number of halogens is 1. The molecule has 0 saturated heterocycles. The fraction of sp³-hybridized carbons (Fsp3) is 0.300. The minimum atomic E-state index is -0.715. The van der Waals surface area contributed by atoms with E-state index >= 15 is 0 Å². The second-order valence-electron chi connectivity index (χ2n) is 6.79. The van der Waals surface area contributed by atoms with Gasteiger partial charge in [-0.15, -0.1) is 0 Å². The zero-order valence-corrected chi connectivity index (χ0v) is 16.8. The van der Waals surface area contributed by atoms with Gasteiger partial charge in [-0.05, 0) is 30.3 Å². The van der Waals surface area contributed by atoms with Gasteiger partial charge in [-0.25, -0.2) is 0 Å². The number of anilines is 2. The van der Waals surface area contributed by atoms with E-state index in [0.29, 0.717) is 17.3 Å². The molecule has 0 aliphatic rings. The maximum atomic E-state index is 12.2. The SMILES string of the molecule is CN(C)c1ccc([C@@H](CNC(=O)C(=O)Nc2cccc(Cl)c2)[NH+](C)C)cc1. The smallest absolute Gasteiger partial charge is 0.313 e. The first-order chi connectivity index (χ1) is 12.8. The molecular formula is C20H26ClN4O2+. The number of likely N-dealkylation sites (N-methyl/N-ethyl adjacent to an activating group) is 1. The lowest BCUT2D eigenvalue weighted by atomic mass is 10.1. The molecule has 0 aliphatic carbocycles. The fourth-order valence-electron chi connectivity index (χ4n) is 2.69. The van der Waals surface area contributed by atoms with E-state index < -0.39 is 11.8 Å². The lowest BCUT2D eigenvalue weighted by molar-refractivity contribution is -0.890. The molecule has 0 heterocycles. The molecule has 6 nitrogen and oxygen atoms in total. The van der Waals surface area contributed by atoms with Crippen molar-refractivity contribution in [2.75, 3.05) is 45.0 Å². The fourth-order valence-corrected chi connectivity index (χ4v) is 2.88. The predicted octanol–water partition coefficient (Wildman–Crippen LogP) is 1.35. The summed E-state index contributed by atoms with van der Waals surface area (Å²) in [7, 11) is 8.01. The number of hydrogen-bond donors (Lipinski definition) is 3. The van der Waals surface area contributed by atoms with Crippen LogP contribution in [-0.4, -0.2) is 46.5 Å². The predicted molar refractivity (Wildman–Crippen MR) is 109 cm³/mol. The van der Waals surface area contributed by atoms with Crippen molar-refractivity contribution in [3.63, 3.8) is 0 Å². The van der Waals surface area contributed by atoms with Gasteiger partial charge in [-0.2, -0.15) is 0 Å². The third-order valence-electron chi connectivity index (χ3n) is 4.26. The molecule has 2 amide bonds. The van der Waals surface area contributed by atoms with Gasteiger partial charge in [-0.1, -0.05) is 29.8 Å². The highest BCUT2D eigenvalue weighted by atomic mass is 35.5. The standard InChI is InChI=1S/C20H25ClN4O2/c1-24(2)17-10-8-14(9-11-17)18(25(3)4)13-22-19(26)20(27)23-16-7-5-6-15(21)12-16/h5-12,18H,13H2,1-4H3,(H,22,26)(H,23,27)/p+1/t18-/m1/s1. The van der Waals surface area contributed by atoms with Gasteiger partial charge in [0.1, 0.15) is 6.04 Å². The van der Waals surface area contributed by atoms with Crippen molar-refractivity contribution in [1.82, 2.24) is 5.32 Å². The molecular weight excluding hydrogens is 364 g/mol. The van der Waals surface area contributed by atoms with E-state index in [9.17, 15) is 9.59 Å². The summed E-state index contributed by atoms with van der Waals surface area (Å²) >= 11 is 5.89. The number of nitrogens with one attached hydrogen (secondary N) is 3. The van der Waals surface area contributed by atoms with Crippen LogP contribution in [-0.2, 0) is 9.59 Å². The summed E-state index contributed by atoms with van der Waals surface area (Å²) in [6.45, 7) is 0.353. The molecule has 27 heavy (non-hydrogen) atoms. The minimum absolute atomic E-state index is 0.0316. The number of amides is 2. The van der Waals surface area contributed by atoms with E-state index in [2.05, 4.69) is 10.6 Å². The largest absolute Gasteiger partial charge is 0.378 e. The van der Waals surface area contributed by atoms with Crippen molar-refractivity contribution in [3.8, 4) is 0 Å². The summed E-state index contributed by atoms with van der Waals surface area (Å²) in [4.78, 5) is 27.4. The topological polar surface area (TPSA) is 65.9 Å². The molecule has 0 bridgehead atoms. The summed E-state index contributed by atoms with van der Waals surface area (Å²) in [5, 5.41) is 5.76. The van der Waals surface area contributed by atoms with Crippen molar-refractivity contribution in [1.29, 1.82) is 0 Å². The molecule has 0 unspecified atom stereocenters. The lowest BCUT2D eigenvalue weighted by Gasteiger charge is -2.23. The Morgan fingerprint density at radius 2 is 1.74 bits per heavy atom. The Bertz CT molecular complexity index is 791. The van der Waals surface area contributed by atoms with Crippen LogP contribution >= 0.6 is 11.6 Å². The van der Waals surface area contributed by atoms with Crippen LogP contribution < -0.4 is 20.4 Å². The average molecular weight is 390 g/mol.